The highest BCUT2D eigenvalue weighted by atomic mass is 35.5. The zero-order chi connectivity index (χ0) is 27.3. The van der Waals surface area contributed by atoms with Gasteiger partial charge in [-0.2, -0.15) is 0 Å². The normalized spacial score (nSPS) is 25.4. The molecule has 0 spiro atoms. The van der Waals surface area contributed by atoms with Crippen molar-refractivity contribution < 1.29 is 19.7 Å². The topological polar surface area (TPSA) is 96.0 Å². The molecule has 1 heterocycles. The average molecular weight is 543 g/mol. The Labute approximate surface area is 232 Å². The van der Waals surface area contributed by atoms with E-state index in [9.17, 15) is 15.0 Å². The lowest BCUT2D eigenvalue weighted by atomic mass is 9.72. The first kappa shape index (κ1) is 29.0. The summed E-state index contributed by atoms with van der Waals surface area (Å²) in [5.41, 5.74) is 8.75. The van der Waals surface area contributed by atoms with E-state index < -0.39 is 11.7 Å². The second-order valence-electron chi connectivity index (χ2n) is 11.1. The molecule has 2 aromatic carbocycles. The Bertz CT molecular complexity index is 1090. The lowest BCUT2D eigenvalue weighted by Crippen LogP contribution is -2.49. The van der Waals surface area contributed by atoms with E-state index >= 15 is 0 Å². The molecule has 2 aliphatic rings. The molecule has 2 aromatic rings. The molecule has 7 heteroatoms. The van der Waals surface area contributed by atoms with E-state index in [1.54, 1.807) is 7.11 Å². The van der Waals surface area contributed by atoms with E-state index in [2.05, 4.69) is 25.1 Å². The number of rotatable bonds is 10. The number of ether oxygens (including phenoxy) is 1. The van der Waals surface area contributed by atoms with Crippen LogP contribution < -0.4 is 5.73 Å². The van der Waals surface area contributed by atoms with Crippen LogP contribution in [0, 0.1) is 11.8 Å². The van der Waals surface area contributed by atoms with Gasteiger partial charge in [0, 0.05) is 55.3 Å². The summed E-state index contributed by atoms with van der Waals surface area (Å²) in [6, 6.07) is 13.8. The first-order valence-electron chi connectivity index (χ1n) is 14.1. The zero-order valence-electron chi connectivity index (χ0n) is 22.7. The van der Waals surface area contributed by atoms with Gasteiger partial charge in [-0.1, -0.05) is 54.9 Å². The number of hydrogen-bond donors (Lipinski definition) is 3. The minimum absolute atomic E-state index is 0.0467. The van der Waals surface area contributed by atoms with E-state index in [1.807, 2.05) is 29.2 Å². The third-order valence-electron chi connectivity index (χ3n) is 8.59. The maximum Gasteiger partial charge on any atom is 0.225 e. The van der Waals surface area contributed by atoms with Gasteiger partial charge >= 0.3 is 0 Å². The molecule has 2 fully saturated rings. The summed E-state index contributed by atoms with van der Waals surface area (Å²) in [5.74, 6) is -0.355. The van der Waals surface area contributed by atoms with Crippen molar-refractivity contribution in [1.82, 2.24) is 4.90 Å². The number of carbonyl (C=O) groups is 1. The number of carbonyl (C=O) groups excluding carboxylic acids is 1. The smallest absolute Gasteiger partial charge is 0.225 e. The van der Waals surface area contributed by atoms with Crippen molar-refractivity contribution in [3.05, 3.63) is 58.6 Å². The predicted molar refractivity (Wildman–Crippen MR) is 152 cm³/mol. The number of aliphatic hydroxyl groups is 2. The van der Waals surface area contributed by atoms with Gasteiger partial charge in [-0.3, -0.25) is 4.79 Å². The summed E-state index contributed by atoms with van der Waals surface area (Å²) in [5, 5.41) is 23.4. The Hall–Kier alpha value is -1.96. The standard InChI is InChI=1S/C31H43ClN2O4/c1-3-21-9-6-10-22(17-21)29-25(12-7-13-26(29)32)31(37,14-4-5-16-38-2)24-11-8-15-34(20-24)30(36)23-18-27(33)28(35)19-23/h6-7,9-10,12-13,17,23-24,27-28,35,37H,3-5,8,11,14-16,18-20,33H2,1-2H3/t23?,24?,27-,28+,31+/m1/s1. The number of nitrogens with zero attached hydrogens (tertiary/aromatic N) is 1. The molecule has 208 valence electrons. The first-order valence-corrected chi connectivity index (χ1v) is 14.5. The second-order valence-corrected chi connectivity index (χ2v) is 11.5. The van der Waals surface area contributed by atoms with E-state index in [0.29, 0.717) is 44.0 Å². The number of aryl methyl sites for hydroxylation is 1. The molecule has 1 aliphatic heterocycles. The van der Waals surface area contributed by atoms with Gasteiger partial charge < -0.3 is 25.6 Å². The number of unbranched alkanes of at least 4 members (excludes halogenated alkanes) is 1. The van der Waals surface area contributed by atoms with Crippen LogP contribution in [0.1, 0.15) is 63.0 Å². The van der Waals surface area contributed by atoms with Crippen molar-refractivity contribution in [3.8, 4) is 11.1 Å². The molecule has 0 aromatic heterocycles. The van der Waals surface area contributed by atoms with Crippen LogP contribution >= 0.6 is 11.6 Å². The first-order chi connectivity index (χ1) is 18.3. The molecule has 5 atom stereocenters. The summed E-state index contributed by atoms with van der Waals surface area (Å²) in [4.78, 5) is 15.3. The van der Waals surface area contributed by atoms with E-state index in [0.717, 1.165) is 48.8 Å². The zero-order valence-corrected chi connectivity index (χ0v) is 23.5. The Morgan fingerprint density at radius 2 is 2.00 bits per heavy atom. The highest BCUT2D eigenvalue weighted by Gasteiger charge is 2.44. The van der Waals surface area contributed by atoms with Gasteiger partial charge in [-0.25, -0.2) is 0 Å². The third kappa shape index (κ3) is 6.26. The highest BCUT2D eigenvalue weighted by Crippen LogP contribution is 2.46. The molecule has 1 saturated heterocycles. The summed E-state index contributed by atoms with van der Waals surface area (Å²) in [6.07, 6.45) is 5.02. The number of halogens is 1. The number of nitrogens with two attached hydrogens (primary N) is 1. The summed E-state index contributed by atoms with van der Waals surface area (Å²) in [7, 11) is 1.69. The van der Waals surface area contributed by atoms with Gasteiger partial charge in [0.2, 0.25) is 5.91 Å². The van der Waals surface area contributed by atoms with Crippen molar-refractivity contribution in [1.29, 1.82) is 0 Å². The van der Waals surface area contributed by atoms with Crippen LogP contribution in [0.15, 0.2) is 42.5 Å². The van der Waals surface area contributed by atoms with Crippen LogP contribution in [0.5, 0.6) is 0 Å². The minimum atomic E-state index is -1.17. The molecule has 1 aliphatic carbocycles. The molecular formula is C31H43ClN2O4. The van der Waals surface area contributed by atoms with Crippen molar-refractivity contribution in [2.45, 2.75) is 76.0 Å². The number of amides is 1. The largest absolute Gasteiger partial charge is 0.391 e. The fourth-order valence-electron chi connectivity index (χ4n) is 6.40. The Kier molecular flexibility index (Phi) is 9.88. The average Bonchev–Trinajstić information content (AvgIpc) is 3.28. The molecule has 4 rings (SSSR count). The maximum atomic E-state index is 13.5. The number of aliphatic hydroxyl groups excluding tert-OH is 1. The number of methoxy groups -OCH3 is 1. The van der Waals surface area contributed by atoms with E-state index in [1.165, 1.54) is 5.56 Å². The van der Waals surface area contributed by atoms with Crippen LogP contribution in [0.2, 0.25) is 5.02 Å². The summed E-state index contributed by atoms with van der Waals surface area (Å²) >= 11 is 6.85. The Morgan fingerprint density at radius 1 is 1.21 bits per heavy atom. The van der Waals surface area contributed by atoms with Crippen LogP contribution in [-0.4, -0.2) is 60.0 Å². The molecular weight excluding hydrogens is 500 g/mol. The van der Waals surface area contributed by atoms with E-state index in [4.69, 9.17) is 22.1 Å². The number of likely N-dealkylation sites (tertiary alicyclic amines) is 1. The quantitative estimate of drug-likeness (QED) is 0.371. The van der Waals surface area contributed by atoms with Gasteiger partial charge in [0.05, 0.1) is 11.7 Å². The maximum absolute atomic E-state index is 13.5. The van der Waals surface area contributed by atoms with Crippen LogP contribution in [0.4, 0.5) is 0 Å². The number of benzene rings is 2. The Balaban J connectivity index is 1.69. The molecule has 6 nitrogen and oxygen atoms in total. The monoisotopic (exact) mass is 542 g/mol. The van der Waals surface area contributed by atoms with E-state index in [-0.39, 0.29) is 23.8 Å². The van der Waals surface area contributed by atoms with Gasteiger partial charge in [-0.15, -0.1) is 0 Å². The molecule has 4 N–H and O–H groups in total. The molecule has 2 unspecified atom stereocenters. The molecule has 1 amide bonds. The van der Waals surface area contributed by atoms with Crippen molar-refractivity contribution in [3.63, 3.8) is 0 Å². The van der Waals surface area contributed by atoms with Gasteiger partial charge in [0.25, 0.3) is 0 Å². The fraction of sp³-hybridized carbons (Fsp3) is 0.581. The number of piperidine rings is 1. The lowest BCUT2D eigenvalue weighted by Gasteiger charge is -2.44. The van der Waals surface area contributed by atoms with Crippen LogP contribution in [-0.2, 0) is 21.6 Å². The molecule has 38 heavy (non-hydrogen) atoms. The van der Waals surface area contributed by atoms with Crippen molar-refractivity contribution in [2.75, 3.05) is 26.8 Å². The molecule has 0 radical (unpaired) electrons. The van der Waals surface area contributed by atoms with Crippen molar-refractivity contribution in [2.24, 2.45) is 17.6 Å². The second kappa shape index (κ2) is 12.9. The Morgan fingerprint density at radius 3 is 2.71 bits per heavy atom. The van der Waals surface area contributed by atoms with Gasteiger partial charge in [-0.05, 0) is 74.1 Å². The third-order valence-corrected chi connectivity index (χ3v) is 8.91. The summed E-state index contributed by atoms with van der Waals surface area (Å²) < 4.78 is 5.28. The summed E-state index contributed by atoms with van der Waals surface area (Å²) in [6.45, 7) is 3.90. The predicted octanol–water partition coefficient (Wildman–Crippen LogP) is 4.91. The van der Waals surface area contributed by atoms with Crippen LogP contribution in [0.3, 0.4) is 0 Å². The molecule has 0 bridgehead atoms. The lowest BCUT2D eigenvalue weighted by molar-refractivity contribution is -0.141. The number of hydrogen-bond acceptors (Lipinski definition) is 5. The minimum Gasteiger partial charge on any atom is -0.391 e. The SMILES string of the molecule is CCc1cccc(-c2c(Cl)cccc2[C@](O)(CCCCOC)C2CCCN(C(=O)C3C[C@@H](N)[C@@H](O)C3)C2)c1. The molecule has 1 saturated carbocycles. The van der Waals surface area contributed by atoms with Crippen molar-refractivity contribution >= 4 is 17.5 Å². The van der Waals surface area contributed by atoms with Crippen LogP contribution in [0.25, 0.3) is 11.1 Å². The van der Waals surface area contributed by atoms with Gasteiger partial charge in [0.1, 0.15) is 0 Å². The highest BCUT2D eigenvalue weighted by molar-refractivity contribution is 6.33. The fourth-order valence-corrected chi connectivity index (χ4v) is 6.68. The van der Waals surface area contributed by atoms with Gasteiger partial charge in [0.15, 0.2) is 0 Å².